The fourth-order valence-corrected chi connectivity index (χ4v) is 1.97. The second kappa shape index (κ2) is 13.0. The summed E-state index contributed by atoms with van der Waals surface area (Å²) in [6.07, 6.45) is 2.50. The molecule has 0 fully saturated rings. The lowest BCUT2D eigenvalue weighted by molar-refractivity contribution is -0.141. The molecule has 0 aromatic carbocycles. The molecule has 0 saturated heterocycles. The topological polar surface area (TPSA) is 209 Å². The predicted molar refractivity (Wildman–Crippen MR) is 92.6 cm³/mol. The van der Waals surface area contributed by atoms with Gasteiger partial charge in [0.1, 0.15) is 6.04 Å². The van der Waals surface area contributed by atoms with Crippen molar-refractivity contribution in [1.29, 1.82) is 5.41 Å². The quantitative estimate of drug-likeness (QED) is 0.0989. The lowest BCUT2D eigenvalue weighted by Gasteiger charge is -2.16. The van der Waals surface area contributed by atoms with Crippen molar-refractivity contribution in [2.24, 2.45) is 17.2 Å². The molecule has 0 aliphatic rings. The molecule has 11 heteroatoms. The van der Waals surface area contributed by atoms with Gasteiger partial charge in [-0.3, -0.25) is 15.0 Å². The van der Waals surface area contributed by atoms with E-state index in [9.17, 15) is 14.4 Å². The first-order valence-corrected chi connectivity index (χ1v) is 8.11. The fraction of sp³-hybridized carbons (Fsp3) is 0.714. The molecule has 2 atom stereocenters. The number of hydrogen-bond acceptors (Lipinski definition) is 6. The number of carbonyl (C=O) groups is 3. The Bertz CT molecular complexity index is 458. The number of aliphatic carboxylic acids is 1. The van der Waals surface area contributed by atoms with Gasteiger partial charge in [0.05, 0.1) is 12.6 Å². The van der Waals surface area contributed by atoms with Gasteiger partial charge < -0.3 is 38.3 Å². The Hall–Kier alpha value is -2.40. The zero-order valence-electron chi connectivity index (χ0n) is 14.2. The van der Waals surface area contributed by atoms with E-state index in [2.05, 4.69) is 16.0 Å². The van der Waals surface area contributed by atoms with Gasteiger partial charge >= 0.3 is 5.97 Å². The third kappa shape index (κ3) is 11.7. The van der Waals surface area contributed by atoms with Crippen LogP contribution >= 0.6 is 0 Å². The average molecular weight is 359 g/mol. The molecule has 144 valence electrons. The third-order valence-corrected chi connectivity index (χ3v) is 3.35. The molecule has 11 nitrogen and oxygen atoms in total. The minimum atomic E-state index is -1.18. The van der Waals surface area contributed by atoms with Crippen molar-refractivity contribution < 1.29 is 19.5 Å². The molecule has 0 spiro atoms. The highest BCUT2D eigenvalue weighted by Gasteiger charge is 2.20. The molecule has 0 aromatic heterocycles. The van der Waals surface area contributed by atoms with Gasteiger partial charge in [0.15, 0.2) is 5.96 Å². The minimum absolute atomic E-state index is 0.161. The van der Waals surface area contributed by atoms with E-state index in [4.69, 9.17) is 27.7 Å². The van der Waals surface area contributed by atoms with E-state index in [1.807, 2.05) is 0 Å². The summed E-state index contributed by atoms with van der Waals surface area (Å²) >= 11 is 0. The van der Waals surface area contributed by atoms with E-state index < -0.39 is 29.9 Å². The Labute approximate surface area is 146 Å². The van der Waals surface area contributed by atoms with Crippen LogP contribution < -0.4 is 33.2 Å². The van der Waals surface area contributed by atoms with Crippen molar-refractivity contribution in [1.82, 2.24) is 16.0 Å². The maximum atomic E-state index is 11.8. The molecule has 0 saturated carbocycles. The van der Waals surface area contributed by atoms with Crippen LogP contribution in [0.4, 0.5) is 0 Å². The van der Waals surface area contributed by atoms with Gasteiger partial charge in [-0.2, -0.15) is 0 Å². The van der Waals surface area contributed by atoms with Crippen molar-refractivity contribution in [3.63, 3.8) is 0 Å². The van der Waals surface area contributed by atoms with E-state index in [-0.39, 0.29) is 18.9 Å². The molecule has 25 heavy (non-hydrogen) atoms. The SMILES string of the molecule is N=C(N)NCCC[C@H](NC(=O)CNC(=O)[C@@H](N)CCCCN)C(=O)O. The number of carboxylic acid groups (broad SMARTS) is 1. The molecule has 2 amide bonds. The van der Waals surface area contributed by atoms with Crippen LogP contribution in [0.5, 0.6) is 0 Å². The van der Waals surface area contributed by atoms with E-state index in [1.165, 1.54) is 0 Å². The fourth-order valence-electron chi connectivity index (χ4n) is 1.97. The highest BCUT2D eigenvalue weighted by atomic mass is 16.4. The van der Waals surface area contributed by atoms with Crippen LogP contribution in [-0.4, -0.2) is 60.6 Å². The number of carbonyl (C=O) groups excluding carboxylic acids is 2. The Kier molecular flexibility index (Phi) is 11.7. The van der Waals surface area contributed by atoms with Gasteiger partial charge in [-0.05, 0) is 32.2 Å². The number of nitrogens with two attached hydrogens (primary N) is 3. The number of unbranched alkanes of at least 4 members (excludes halogenated alkanes) is 1. The Morgan fingerprint density at radius 2 is 1.76 bits per heavy atom. The first-order valence-electron chi connectivity index (χ1n) is 8.11. The number of nitrogens with one attached hydrogen (secondary N) is 4. The summed E-state index contributed by atoms with van der Waals surface area (Å²) in [5, 5.41) is 23.3. The monoisotopic (exact) mass is 359 g/mol. The molecule has 0 rings (SSSR count). The van der Waals surface area contributed by atoms with Crippen molar-refractivity contribution in [3.05, 3.63) is 0 Å². The lowest BCUT2D eigenvalue weighted by atomic mass is 10.1. The Balaban J connectivity index is 4.15. The molecular weight excluding hydrogens is 330 g/mol. The highest BCUT2D eigenvalue weighted by Crippen LogP contribution is 1.99. The number of rotatable bonds is 13. The molecule has 0 bridgehead atoms. The number of hydrogen-bond donors (Lipinski definition) is 8. The maximum Gasteiger partial charge on any atom is 0.326 e. The molecule has 0 radical (unpaired) electrons. The lowest BCUT2D eigenvalue weighted by Crippen LogP contribution is -2.48. The summed E-state index contributed by atoms with van der Waals surface area (Å²) in [4.78, 5) is 34.6. The highest BCUT2D eigenvalue weighted by molar-refractivity contribution is 5.89. The summed E-state index contributed by atoms with van der Waals surface area (Å²) in [6.45, 7) is 0.498. The standard InChI is InChI=1S/C14H29N7O4/c15-6-2-1-4-9(16)12(23)20-8-11(22)21-10(13(24)25)5-3-7-19-14(17)18/h9-10H,1-8,15-16H2,(H,20,23)(H,21,22)(H,24,25)(H4,17,18,19)/t9-,10-/m0/s1. The van der Waals surface area contributed by atoms with E-state index >= 15 is 0 Å². The van der Waals surface area contributed by atoms with Gasteiger partial charge in [-0.25, -0.2) is 4.79 Å². The normalized spacial score (nSPS) is 12.7. The molecule has 11 N–H and O–H groups in total. The van der Waals surface area contributed by atoms with Crippen LogP contribution in [0.2, 0.25) is 0 Å². The Morgan fingerprint density at radius 3 is 2.32 bits per heavy atom. The van der Waals surface area contributed by atoms with Gasteiger partial charge in [0.25, 0.3) is 0 Å². The van der Waals surface area contributed by atoms with Crippen LogP contribution in [0, 0.1) is 5.41 Å². The zero-order chi connectivity index (χ0) is 19.2. The van der Waals surface area contributed by atoms with Gasteiger partial charge in [0.2, 0.25) is 11.8 Å². The summed E-state index contributed by atoms with van der Waals surface area (Å²) < 4.78 is 0. The van der Waals surface area contributed by atoms with Gasteiger partial charge in [-0.1, -0.05) is 6.42 Å². The van der Waals surface area contributed by atoms with Crippen LogP contribution in [0.25, 0.3) is 0 Å². The molecule has 0 heterocycles. The van der Waals surface area contributed by atoms with Crippen LogP contribution in [0.15, 0.2) is 0 Å². The second-order valence-electron chi connectivity index (χ2n) is 5.55. The molecular formula is C14H29N7O4. The summed E-state index contributed by atoms with van der Waals surface area (Å²) in [5.41, 5.74) is 16.2. The smallest absolute Gasteiger partial charge is 0.326 e. The predicted octanol–water partition coefficient (Wildman–Crippen LogP) is -2.61. The van der Waals surface area contributed by atoms with E-state index in [0.29, 0.717) is 32.4 Å². The largest absolute Gasteiger partial charge is 0.480 e. The molecule has 0 aliphatic carbocycles. The first kappa shape index (κ1) is 22.6. The van der Waals surface area contributed by atoms with Crippen molar-refractivity contribution >= 4 is 23.7 Å². The first-order chi connectivity index (χ1) is 11.8. The third-order valence-electron chi connectivity index (χ3n) is 3.35. The second-order valence-corrected chi connectivity index (χ2v) is 5.55. The van der Waals surface area contributed by atoms with Crippen LogP contribution in [0.3, 0.4) is 0 Å². The van der Waals surface area contributed by atoms with Crippen molar-refractivity contribution in [2.45, 2.75) is 44.2 Å². The summed E-state index contributed by atoms with van der Waals surface area (Å²) in [6, 6.07) is -1.82. The van der Waals surface area contributed by atoms with Crippen molar-refractivity contribution in [2.75, 3.05) is 19.6 Å². The summed E-state index contributed by atoms with van der Waals surface area (Å²) in [7, 11) is 0. The van der Waals surface area contributed by atoms with Crippen LogP contribution in [0.1, 0.15) is 32.1 Å². The van der Waals surface area contributed by atoms with E-state index in [0.717, 1.165) is 6.42 Å². The van der Waals surface area contributed by atoms with E-state index in [1.54, 1.807) is 0 Å². The number of guanidine groups is 1. The summed E-state index contributed by atoms with van der Waals surface area (Å²) in [5.74, 6) is -2.47. The van der Waals surface area contributed by atoms with Gasteiger partial charge in [0, 0.05) is 6.54 Å². The molecule has 0 unspecified atom stereocenters. The number of carboxylic acids is 1. The molecule has 0 aromatic rings. The van der Waals surface area contributed by atoms with Gasteiger partial charge in [-0.15, -0.1) is 0 Å². The average Bonchev–Trinajstić information content (AvgIpc) is 2.54. The van der Waals surface area contributed by atoms with Crippen LogP contribution in [-0.2, 0) is 14.4 Å². The minimum Gasteiger partial charge on any atom is -0.480 e. The van der Waals surface area contributed by atoms with Crippen molar-refractivity contribution in [3.8, 4) is 0 Å². The maximum absolute atomic E-state index is 11.8. The number of amides is 2. The molecule has 0 aliphatic heterocycles. The Morgan fingerprint density at radius 1 is 1.08 bits per heavy atom. The zero-order valence-corrected chi connectivity index (χ0v) is 14.2.